The minimum Gasteiger partial charge on any atom is -0.479 e. The summed E-state index contributed by atoms with van der Waals surface area (Å²) >= 11 is 2.87. The summed E-state index contributed by atoms with van der Waals surface area (Å²) in [5.74, 6) is -1.69. The van der Waals surface area contributed by atoms with Gasteiger partial charge in [-0.25, -0.2) is 9.78 Å². The molecule has 0 aliphatic heterocycles. The molecule has 2 rings (SSSR count). The highest BCUT2D eigenvalue weighted by Crippen LogP contribution is 2.27. The molecule has 1 unspecified atom stereocenters. The largest absolute Gasteiger partial charge is 0.479 e. The van der Waals surface area contributed by atoms with Gasteiger partial charge in [0.1, 0.15) is 10.7 Å². The van der Waals surface area contributed by atoms with Crippen molar-refractivity contribution in [3.8, 4) is 9.88 Å². The van der Waals surface area contributed by atoms with Crippen molar-refractivity contribution < 1.29 is 19.4 Å². The summed E-state index contributed by atoms with van der Waals surface area (Å²) in [5.41, 5.74) is -1.29. The number of aromatic nitrogens is 1. The van der Waals surface area contributed by atoms with Crippen molar-refractivity contribution in [1.29, 1.82) is 0 Å². The minimum absolute atomic E-state index is 0.129. The summed E-state index contributed by atoms with van der Waals surface area (Å²) in [6.07, 6.45) is 0. The first-order valence-corrected chi connectivity index (χ1v) is 7.76. The van der Waals surface area contributed by atoms with Gasteiger partial charge in [0.05, 0.1) is 11.5 Å². The predicted molar refractivity (Wildman–Crippen MR) is 80.8 cm³/mol. The molecular weight excluding hydrogens is 312 g/mol. The van der Waals surface area contributed by atoms with Gasteiger partial charge < -0.3 is 15.2 Å². The van der Waals surface area contributed by atoms with Crippen LogP contribution in [0.4, 0.5) is 0 Å². The average molecular weight is 326 g/mol. The highest BCUT2D eigenvalue weighted by molar-refractivity contribution is 7.20. The van der Waals surface area contributed by atoms with Gasteiger partial charge in [0.15, 0.2) is 5.54 Å². The number of rotatable bonds is 6. The Balaban J connectivity index is 2.15. The lowest BCUT2D eigenvalue weighted by Crippen LogP contribution is -2.55. The molecule has 1 atom stereocenters. The fraction of sp³-hybridized carbons (Fsp3) is 0.308. The van der Waals surface area contributed by atoms with Crippen molar-refractivity contribution in [2.24, 2.45) is 0 Å². The van der Waals surface area contributed by atoms with Gasteiger partial charge in [-0.1, -0.05) is 6.07 Å². The Hall–Kier alpha value is -1.77. The van der Waals surface area contributed by atoms with Gasteiger partial charge in [0.2, 0.25) is 0 Å². The standard InChI is InChI=1S/C13H14N2O4S2/c1-13(7-19-2,12(17)18)15-10(16)8-6-21-11(14-8)9-4-3-5-20-9/h3-6H,7H2,1-2H3,(H,15,16)(H,17,18). The number of hydrogen-bond donors (Lipinski definition) is 2. The Labute approximate surface area is 129 Å². The summed E-state index contributed by atoms with van der Waals surface area (Å²) < 4.78 is 4.86. The van der Waals surface area contributed by atoms with E-state index in [1.165, 1.54) is 36.7 Å². The molecule has 2 heterocycles. The lowest BCUT2D eigenvalue weighted by molar-refractivity contribution is -0.145. The van der Waals surface area contributed by atoms with E-state index in [1.807, 2.05) is 17.5 Å². The predicted octanol–water partition coefficient (Wildman–Crippen LogP) is 2.09. The number of thiophene rings is 1. The lowest BCUT2D eigenvalue weighted by atomic mass is 10.0. The first-order chi connectivity index (χ1) is 9.96. The number of amides is 1. The highest BCUT2D eigenvalue weighted by atomic mass is 32.1. The van der Waals surface area contributed by atoms with Crippen LogP contribution in [0, 0.1) is 0 Å². The van der Waals surface area contributed by atoms with Gasteiger partial charge in [0.25, 0.3) is 5.91 Å². The molecule has 0 aliphatic carbocycles. The van der Waals surface area contributed by atoms with Crippen LogP contribution in [0.3, 0.4) is 0 Å². The fourth-order valence-electron chi connectivity index (χ4n) is 1.65. The van der Waals surface area contributed by atoms with Crippen LogP contribution in [0.15, 0.2) is 22.9 Å². The third kappa shape index (κ3) is 3.46. The number of ether oxygens (including phenoxy) is 1. The lowest BCUT2D eigenvalue weighted by Gasteiger charge is -2.24. The van der Waals surface area contributed by atoms with Crippen molar-refractivity contribution in [3.63, 3.8) is 0 Å². The Morgan fingerprint density at radius 2 is 2.24 bits per heavy atom. The zero-order valence-corrected chi connectivity index (χ0v) is 13.1. The molecular formula is C13H14N2O4S2. The topological polar surface area (TPSA) is 88.5 Å². The maximum absolute atomic E-state index is 12.1. The molecule has 6 nitrogen and oxygen atoms in total. The van der Waals surface area contributed by atoms with Crippen LogP contribution in [-0.2, 0) is 9.53 Å². The normalized spacial score (nSPS) is 13.6. The van der Waals surface area contributed by atoms with Crippen molar-refractivity contribution >= 4 is 34.6 Å². The van der Waals surface area contributed by atoms with Crippen LogP contribution in [0.2, 0.25) is 0 Å². The van der Waals surface area contributed by atoms with Gasteiger partial charge in [0, 0.05) is 12.5 Å². The number of carbonyl (C=O) groups is 2. The second-order valence-electron chi connectivity index (χ2n) is 4.54. The Kier molecular flexibility index (Phi) is 4.71. The molecule has 2 aromatic rings. The SMILES string of the molecule is COCC(C)(NC(=O)c1csc(-c2cccs2)n1)C(=O)O. The number of carboxylic acid groups (broad SMARTS) is 1. The van der Waals surface area contributed by atoms with E-state index < -0.39 is 17.4 Å². The van der Waals surface area contributed by atoms with Gasteiger partial charge in [-0.3, -0.25) is 4.79 Å². The second-order valence-corrected chi connectivity index (χ2v) is 6.35. The first-order valence-electron chi connectivity index (χ1n) is 6.00. The van der Waals surface area contributed by atoms with Crippen LogP contribution >= 0.6 is 22.7 Å². The number of thiazole rings is 1. The van der Waals surface area contributed by atoms with Crippen LogP contribution in [0.25, 0.3) is 9.88 Å². The van der Waals surface area contributed by atoms with E-state index in [0.717, 1.165) is 9.88 Å². The zero-order chi connectivity index (χ0) is 15.5. The quantitative estimate of drug-likeness (QED) is 0.848. The zero-order valence-electron chi connectivity index (χ0n) is 11.5. The van der Waals surface area contributed by atoms with E-state index in [0.29, 0.717) is 0 Å². The third-order valence-corrected chi connectivity index (χ3v) is 4.64. The fourth-order valence-corrected chi connectivity index (χ4v) is 3.26. The molecule has 0 bridgehead atoms. The second kappa shape index (κ2) is 6.33. The average Bonchev–Trinajstić information content (AvgIpc) is 3.09. The molecule has 0 radical (unpaired) electrons. The van der Waals surface area contributed by atoms with Gasteiger partial charge >= 0.3 is 5.97 Å². The van der Waals surface area contributed by atoms with Crippen molar-refractivity contribution in [3.05, 3.63) is 28.6 Å². The number of hydrogen-bond acceptors (Lipinski definition) is 6. The van der Waals surface area contributed by atoms with E-state index in [1.54, 1.807) is 5.38 Å². The maximum Gasteiger partial charge on any atom is 0.331 e. The molecule has 0 saturated heterocycles. The summed E-state index contributed by atoms with van der Waals surface area (Å²) in [5, 5.41) is 15.9. The smallest absolute Gasteiger partial charge is 0.331 e. The number of aliphatic carboxylic acids is 1. The molecule has 8 heteroatoms. The van der Waals surface area contributed by atoms with E-state index >= 15 is 0 Å². The first kappa shape index (κ1) is 15.6. The van der Waals surface area contributed by atoms with Crippen LogP contribution in [0.5, 0.6) is 0 Å². The van der Waals surface area contributed by atoms with Gasteiger partial charge in [-0.05, 0) is 18.4 Å². The minimum atomic E-state index is -1.49. The number of methoxy groups -OCH3 is 1. The monoisotopic (exact) mass is 326 g/mol. The van der Waals surface area contributed by atoms with Crippen molar-refractivity contribution in [2.45, 2.75) is 12.5 Å². The molecule has 0 aliphatic rings. The number of nitrogens with one attached hydrogen (secondary N) is 1. The molecule has 0 fully saturated rings. The van der Waals surface area contributed by atoms with E-state index in [-0.39, 0.29) is 12.3 Å². The number of carbonyl (C=O) groups excluding carboxylic acids is 1. The van der Waals surface area contributed by atoms with Crippen LogP contribution in [0.1, 0.15) is 17.4 Å². The maximum atomic E-state index is 12.1. The third-order valence-electron chi connectivity index (χ3n) is 2.76. The molecule has 1 amide bonds. The molecule has 112 valence electrons. The molecule has 2 N–H and O–H groups in total. The summed E-state index contributed by atoms with van der Waals surface area (Å²) in [7, 11) is 1.38. The highest BCUT2D eigenvalue weighted by Gasteiger charge is 2.35. The Morgan fingerprint density at radius 3 is 2.81 bits per heavy atom. The van der Waals surface area contributed by atoms with Crippen molar-refractivity contribution in [2.75, 3.05) is 13.7 Å². The Bertz CT molecular complexity index is 638. The molecule has 0 aromatic carbocycles. The Morgan fingerprint density at radius 1 is 1.48 bits per heavy atom. The number of nitrogens with zero attached hydrogens (tertiary/aromatic N) is 1. The summed E-state index contributed by atoms with van der Waals surface area (Å²) in [4.78, 5) is 28.6. The van der Waals surface area contributed by atoms with E-state index in [9.17, 15) is 14.7 Å². The van der Waals surface area contributed by atoms with Gasteiger partial charge in [-0.15, -0.1) is 22.7 Å². The molecule has 0 spiro atoms. The number of carboxylic acids is 1. The van der Waals surface area contributed by atoms with Gasteiger partial charge in [-0.2, -0.15) is 0 Å². The summed E-state index contributed by atoms with van der Waals surface area (Å²) in [6, 6.07) is 3.82. The van der Waals surface area contributed by atoms with E-state index in [2.05, 4.69) is 10.3 Å². The van der Waals surface area contributed by atoms with Crippen LogP contribution in [-0.4, -0.2) is 41.2 Å². The van der Waals surface area contributed by atoms with E-state index in [4.69, 9.17) is 4.74 Å². The molecule has 0 saturated carbocycles. The summed E-state index contributed by atoms with van der Waals surface area (Å²) in [6.45, 7) is 1.26. The van der Waals surface area contributed by atoms with Crippen LogP contribution < -0.4 is 5.32 Å². The molecule has 21 heavy (non-hydrogen) atoms. The molecule has 2 aromatic heterocycles. The van der Waals surface area contributed by atoms with Crippen molar-refractivity contribution in [1.82, 2.24) is 10.3 Å².